The molecule has 0 N–H and O–H groups in total. The number of para-hydroxylation sites is 3. The standard InChI is InChI=1S/C56H36N2O/c1-3-13-37(14-4-1)38-27-30-43(31-28-38)57(51-22-12-23-52-56(51)47-18-7-9-21-50(47)58(52)42-16-5-2-6-17-42)44-32-33-46-40(35-44)15-11-20-45(46)41-26-25-39-29-34-54-55(49(39)36-41)48-19-8-10-24-53(48)59-54/h1-36H. The Bertz CT molecular complexity index is 3540. The van der Waals surface area contributed by atoms with Gasteiger partial charge in [0.1, 0.15) is 11.2 Å². The minimum atomic E-state index is 0.914. The summed E-state index contributed by atoms with van der Waals surface area (Å²) in [6.07, 6.45) is 0. The second kappa shape index (κ2) is 13.4. The zero-order valence-corrected chi connectivity index (χ0v) is 32.1. The van der Waals surface area contributed by atoms with Gasteiger partial charge in [-0.25, -0.2) is 0 Å². The Labute approximate surface area is 341 Å². The molecule has 0 fully saturated rings. The molecule has 59 heavy (non-hydrogen) atoms. The molecule has 0 amide bonds. The lowest BCUT2D eigenvalue weighted by Gasteiger charge is -2.27. The van der Waals surface area contributed by atoms with Gasteiger partial charge in [-0.2, -0.15) is 0 Å². The minimum Gasteiger partial charge on any atom is -0.456 e. The molecular formula is C56H36N2O. The van der Waals surface area contributed by atoms with Crippen molar-refractivity contribution in [3.05, 3.63) is 218 Å². The molecule has 0 aliphatic heterocycles. The van der Waals surface area contributed by atoms with Crippen LogP contribution in [0.4, 0.5) is 17.1 Å². The summed E-state index contributed by atoms with van der Waals surface area (Å²) in [5.74, 6) is 0. The van der Waals surface area contributed by atoms with Crippen LogP contribution in [0.2, 0.25) is 0 Å². The van der Waals surface area contributed by atoms with Gasteiger partial charge in [0.05, 0.1) is 16.7 Å². The highest BCUT2D eigenvalue weighted by atomic mass is 16.3. The van der Waals surface area contributed by atoms with Crippen LogP contribution >= 0.6 is 0 Å². The maximum Gasteiger partial charge on any atom is 0.136 e. The molecule has 0 unspecified atom stereocenters. The van der Waals surface area contributed by atoms with Crippen molar-refractivity contribution in [2.24, 2.45) is 0 Å². The van der Waals surface area contributed by atoms with Gasteiger partial charge in [0, 0.05) is 38.6 Å². The van der Waals surface area contributed by atoms with E-state index in [1.165, 1.54) is 71.0 Å². The molecule has 2 aromatic heterocycles. The summed E-state index contributed by atoms with van der Waals surface area (Å²) in [7, 11) is 0. The van der Waals surface area contributed by atoms with E-state index in [9.17, 15) is 0 Å². The van der Waals surface area contributed by atoms with Gasteiger partial charge < -0.3 is 13.9 Å². The molecule has 0 saturated carbocycles. The number of rotatable bonds is 6. The van der Waals surface area contributed by atoms with Crippen molar-refractivity contribution < 1.29 is 4.42 Å². The van der Waals surface area contributed by atoms with Gasteiger partial charge in [-0.05, 0) is 117 Å². The monoisotopic (exact) mass is 752 g/mol. The van der Waals surface area contributed by atoms with Crippen molar-refractivity contribution in [3.63, 3.8) is 0 Å². The topological polar surface area (TPSA) is 21.3 Å². The summed E-state index contributed by atoms with van der Waals surface area (Å²) in [6, 6.07) is 78.8. The van der Waals surface area contributed by atoms with Crippen molar-refractivity contribution in [1.29, 1.82) is 0 Å². The molecule has 10 aromatic carbocycles. The Morgan fingerprint density at radius 3 is 1.90 bits per heavy atom. The highest BCUT2D eigenvalue weighted by molar-refractivity contribution is 6.20. The Hall–Kier alpha value is -7.88. The Kier molecular flexibility index (Phi) is 7.54. The number of hydrogen-bond donors (Lipinski definition) is 0. The zero-order chi connectivity index (χ0) is 38.9. The van der Waals surface area contributed by atoms with E-state index in [2.05, 4.69) is 222 Å². The molecule has 3 heteroatoms. The fourth-order valence-corrected chi connectivity index (χ4v) is 9.28. The van der Waals surface area contributed by atoms with Crippen LogP contribution in [0.5, 0.6) is 0 Å². The Balaban J connectivity index is 1.06. The quantitative estimate of drug-likeness (QED) is 0.169. The Morgan fingerprint density at radius 1 is 0.356 bits per heavy atom. The van der Waals surface area contributed by atoms with E-state index in [1.807, 2.05) is 6.07 Å². The maximum absolute atomic E-state index is 6.28. The van der Waals surface area contributed by atoms with E-state index in [0.29, 0.717) is 0 Å². The van der Waals surface area contributed by atoms with E-state index in [1.54, 1.807) is 0 Å². The predicted octanol–water partition coefficient (Wildman–Crippen LogP) is 15.8. The van der Waals surface area contributed by atoms with Crippen molar-refractivity contribution in [3.8, 4) is 27.9 Å². The van der Waals surface area contributed by atoms with Crippen LogP contribution in [0.1, 0.15) is 0 Å². The van der Waals surface area contributed by atoms with Crippen LogP contribution in [-0.2, 0) is 0 Å². The van der Waals surface area contributed by atoms with Crippen LogP contribution in [0.3, 0.4) is 0 Å². The first-order valence-electron chi connectivity index (χ1n) is 20.2. The second-order valence-corrected chi connectivity index (χ2v) is 15.3. The van der Waals surface area contributed by atoms with Crippen molar-refractivity contribution in [2.75, 3.05) is 4.90 Å². The number of hydrogen-bond acceptors (Lipinski definition) is 2. The summed E-state index contributed by atoms with van der Waals surface area (Å²) < 4.78 is 8.67. The van der Waals surface area contributed by atoms with E-state index < -0.39 is 0 Å². The van der Waals surface area contributed by atoms with Gasteiger partial charge in [-0.3, -0.25) is 0 Å². The molecule has 0 aliphatic rings. The second-order valence-electron chi connectivity index (χ2n) is 15.3. The van der Waals surface area contributed by atoms with Crippen LogP contribution in [-0.4, -0.2) is 4.57 Å². The van der Waals surface area contributed by atoms with Gasteiger partial charge in [0.15, 0.2) is 0 Å². The molecule has 0 atom stereocenters. The van der Waals surface area contributed by atoms with Crippen molar-refractivity contribution in [2.45, 2.75) is 0 Å². The van der Waals surface area contributed by atoms with E-state index in [4.69, 9.17) is 4.42 Å². The van der Waals surface area contributed by atoms with Crippen LogP contribution < -0.4 is 4.90 Å². The number of benzene rings is 10. The summed E-state index contributed by atoms with van der Waals surface area (Å²) in [5.41, 5.74) is 13.4. The number of aromatic nitrogens is 1. The number of anilines is 3. The van der Waals surface area contributed by atoms with E-state index in [0.717, 1.165) is 39.3 Å². The highest BCUT2D eigenvalue weighted by Gasteiger charge is 2.22. The summed E-state index contributed by atoms with van der Waals surface area (Å²) in [4.78, 5) is 2.43. The predicted molar refractivity (Wildman–Crippen MR) is 249 cm³/mol. The van der Waals surface area contributed by atoms with Crippen LogP contribution in [0.25, 0.3) is 93.2 Å². The number of nitrogens with zero attached hydrogens (tertiary/aromatic N) is 2. The maximum atomic E-state index is 6.28. The first-order chi connectivity index (χ1) is 29.3. The fourth-order valence-electron chi connectivity index (χ4n) is 9.28. The molecule has 276 valence electrons. The SMILES string of the molecule is c1ccc(-c2ccc(N(c3ccc4c(-c5ccc6ccc7oc8ccccc8c7c6c5)cccc4c3)c3cccc4c3c3ccccc3n4-c3ccccc3)cc2)cc1. The average Bonchev–Trinajstić information content (AvgIpc) is 3.86. The van der Waals surface area contributed by atoms with Gasteiger partial charge in [0.25, 0.3) is 0 Å². The van der Waals surface area contributed by atoms with Gasteiger partial charge in [-0.15, -0.1) is 0 Å². The minimum absolute atomic E-state index is 0.914. The third-order valence-corrected chi connectivity index (χ3v) is 12.0. The molecule has 0 saturated heterocycles. The molecular weight excluding hydrogens is 717 g/mol. The van der Waals surface area contributed by atoms with Gasteiger partial charge in [-0.1, -0.05) is 146 Å². The summed E-state index contributed by atoms with van der Waals surface area (Å²) in [5, 5.41) is 9.52. The van der Waals surface area contributed by atoms with E-state index in [-0.39, 0.29) is 0 Å². The highest BCUT2D eigenvalue weighted by Crippen LogP contribution is 2.45. The molecule has 12 rings (SSSR count). The first-order valence-corrected chi connectivity index (χ1v) is 20.2. The third-order valence-electron chi connectivity index (χ3n) is 12.0. The average molecular weight is 753 g/mol. The van der Waals surface area contributed by atoms with E-state index >= 15 is 0 Å². The van der Waals surface area contributed by atoms with Crippen LogP contribution in [0.15, 0.2) is 223 Å². The largest absolute Gasteiger partial charge is 0.456 e. The molecule has 0 aliphatic carbocycles. The number of fused-ring (bicyclic) bond motifs is 9. The normalized spacial score (nSPS) is 11.7. The lowest BCUT2D eigenvalue weighted by Crippen LogP contribution is -2.10. The summed E-state index contributed by atoms with van der Waals surface area (Å²) in [6.45, 7) is 0. The fraction of sp³-hybridized carbons (Fsp3) is 0. The van der Waals surface area contributed by atoms with Crippen molar-refractivity contribution in [1.82, 2.24) is 4.57 Å². The van der Waals surface area contributed by atoms with Gasteiger partial charge >= 0.3 is 0 Å². The molecule has 12 aromatic rings. The molecule has 0 spiro atoms. The molecule has 3 nitrogen and oxygen atoms in total. The Morgan fingerprint density at radius 2 is 1.03 bits per heavy atom. The first kappa shape index (κ1) is 33.3. The lowest BCUT2D eigenvalue weighted by atomic mass is 9.94. The number of furan rings is 1. The molecule has 2 heterocycles. The molecule has 0 radical (unpaired) electrons. The lowest BCUT2D eigenvalue weighted by molar-refractivity contribution is 0.669. The van der Waals surface area contributed by atoms with Crippen LogP contribution in [0, 0.1) is 0 Å². The smallest absolute Gasteiger partial charge is 0.136 e. The third kappa shape index (κ3) is 5.36. The van der Waals surface area contributed by atoms with Gasteiger partial charge in [0.2, 0.25) is 0 Å². The molecule has 0 bridgehead atoms. The van der Waals surface area contributed by atoms with Crippen molar-refractivity contribution >= 4 is 82.4 Å². The summed E-state index contributed by atoms with van der Waals surface area (Å²) >= 11 is 0. The zero-order valence-electron chi connectivity index (χ0n) is 32.1.